The molecule has 0 radical (unpaired) electrons. The fourth-order valence-electron chi connectivity index (χ4n) is 3.03. The average Bonchev–Trinajstić information content (AvgIpc) is 3.30. The molecule has 0 fully saturated rings. The van der Waals surface area contributed by atoms with Crippen LogP contribution in [0.3, 0.4) is 0 Å². The monoisotopic (exact) mass is 433 g/mol. The SMILES string of the molecule is CCn1ncc2c1CN(C(=O)Cc1cccs1)CC2COC.O=C(O)C(F)(F)F. The van der Waals surface area contributed by atoms with Gasteiger partial charge in [-0.15, -0.1) is 11.3 Å². The van der Waals surface area contributed by atoms with Crippen molar-refractivity contribution in [2.75, 3.05) is 20.3 Å². The van der Waals surface area contributed by atoms with E-state index in [2.05, 4.69) is 12.0 Å². The van der Waals surface area contributed by atoms with E-state index in [0.29, 0.717) is 26.1 Å². The number of alkyl halides is 3. The van der Waals surface area contributed by atoms with Crippen molar-refractivity contribution < 1.29 is 32.6 Å². The maximum atomic E-state index is 12.6. The molecule has 1 amide bonds. The summed E-state index contributed by atoms with van der Waals surface area (Å²) in [6.07, 6.45) is -2.67. The molecule has 11 heteroatoms. The van der Waals surface area contributed by atoms with Crippen molar-refractivity contribution in [2.24, 2.45) is 0 Å². The third kappa shape index (κ3) is 6.04. The van der Waals surface area contributed by atoms with Gasteiger partial charge in [-0.2, -0.15) is 18.3 Å². The van der Waals surface area contributed by atoms with Crippen LogP contribution in [0.25, 0.3) is 0 Å². The molecule has 3 heterocycles. The Morgan fingerprint density at radius 2 is 2.10 bits per heavy atom. The first-order valence-electron chi connectivity index (χ1n) is 8.81. The van der Waals surface area contributed by atoms with Gasteiger partial charge in [0.2, 0.25) is 5.91 Å². The number of carboxylic acids is 1. The number of thiophene rings is 1. The molecule has 160 valence electrons. The van der Waals surface area contributed by atoms with Crippen molar-refractivity contribution >= 4 is 23.2 Å². The zero-order valence-electron chi connectivity index (χ0n) is 16.0. The van der Waals surface area contributed by atoms with Crippen LogP contribution in [0.4, 0.5) is 13.2 Å². The Hall–Kier alpha value is -2.40. The average molecular weight is 433 g/mol. The molecule has 1 aliphatic heterocycles. The molecule has 2 aromatic heterocycles. The molecule has 1 unspecified atom stereocenters. The Morgan fingerprint density at radius 1 is 1.41 bits per heavy atom. The van der Waals surface area contributed by atoms with E-state index in [1.807, 2.05) is 33.3 Å². The molecule has 1 atom stereocenters. The maximum Gasteiger partial charge on any atom is 0.490 e. The van der Waals surface area contributed by atoms with Crippen LogP contribution in [-0.2, 0) is 33.8 Å². The maximum absolute atomic E-state index is 12.6. The van der Waals surface area contributed by atoms with Crippen molar-refractivity contribution in [2.45, 2.75) is 38.5 Å². The van der Waals surface area contributed by atoms with Crippen LogP contribution in [-0.4, -0.2) is 58.1 Å². The number of carboxylic acid groups (broad SMARTS) is 1. The molecule has 1 N–H and O–H groups in total. The molecule has 0 aliphatic carbocycles. The second kappa shape index (κ2) is 9.88. The van der Waals surface area contributed by atoms with Gasteiger partial charge in [0.15, 0.2) is 0 Å². The summed E-state index contributed by atoms with van der Waals surface area (Å²) in [6.45, 7) is 4.87. The van der Waals surface area contributed by atoms with Gasteiger partial charge in [0, 0.05) is 36.6 Å². The molecule has 0 saturated carbocycles. The fraction of sp³-hybridized carbons (Fsp3) is 0.500. The number of ether oxygens (including phenoxy) is 1. The number of hydrogen-bond acceptors (Lipinski definition) is 5. The first-order valence-corrected chi connectivity index (χ1v) is 9.69. The topological polar surface area (TPSA) is 84.7 Å². The van der Waals surface area contributed by atoms with Gasteiger partial charge < -0.3 is 14.7 Å². The fourth-order valence-corrected chi connectivity index (χ4v) is 3.72. The van der Waals surface area contributed by atoms with Gasteiger partial charge in [0.05, 0.1) is 31.5 Å². The Balaban J connectivity index is 0.000000370. The summed E-state index contributed by atoms with van der Waals surface area (Å²) < 4.78 is 39.1. The summed E-state index contributed by atoms with van der Waals surface area (Å²) in [4.78, 5) is 24.6. The highest BCUT2D eigenvalue weighted by atomic mass is 32.1. The molecule has 0 aromatic carbocycles. The minimum absolute atomic E-state index is 0.179. The summed E-state index contributed by atoms with van der Waals surface area (Å²) in [5, 5.41) is 13.6. The first kappa shape index (κ1) is 22.9. The van der Waals surface area contributed by atoms with E-state index in [1.54, 1.807) is 18.4 Å². The van der Waals surface area contributed by atoms with E-state index in [-0.39, 0.29) is 11.8 Å². The number of halogens is 3. The summed E-state index contributed by atoms with van der Waals surface area (Å²) in [5.41, 5.74) is 2.37. The third-order valence-electron chi connectivity index (χ3n) is 4.37. The normalized spacial score (nSPS) is 16.0. The number of aliphatic carboxylic acids is 1. The van der Waals surface area contributed by atoms with Gasteiger partial charge in [0.25, 0.3) is 0 Å². The number of aromatic nitrogens is 2. The van der Waals surface area contributed by atoms with E-state index in [4.69, 9.17) is 14.6 Å². The van der Waals surface area contributed by atoms with Gasteiger partial charge in [0.1, 0.15) is 0 Å². The van der Waals surface area contributed by atoms with Crippen LogP contribution in [0.2, 0.25) is 0 Å². The van der Waals surface area contributed by atoms with Crippen molar-refractivity contribution in [1.29, 1.82) is 0 Å². The van der Waals surface area contributed by atoms with Gasteiger partial charge in [-0.25, -0.2) is 4.79 Å². The lowest BCUT2D eigenvalue weighted by molar-refractivity contribution is -0.192. The lowest BCUT2D eigenvalue weighted by Crippen LogP contribution is -2.40. The molecule has 2 aromatic rings. The van der Waals surface area contributed by atoms with Crippen LogP contribution >= 0.6 is 11.3 Å². The Kier molecular flexibility index (Phi) is 7.80. The van der Waals surface area contributed by atoms with Crippen molar-refractivity contribution in [3.8, 4) is 0 Å². The third-order valence-corrected chi connectivity index (χ3v) is 5.25. The van der Waals surface area contributed by atoms with E-state index >= 15 is 0 Å². The number of carbonyl (C=O) groups excluding carboxylic acids is 1. The number of aryl methyl sites for hydroxylation is 1. The lowest BCUT2D eigenvalue weighted by Gasteiger charge is -2.33. The number of nitrogens with zero attached hydrogens (tertiary/aromatic N) is 3. The Bertz CT molecular complexity index is 821. The molecule has 29 heavy (non-hydrogen) atoms. The predicted molar refractivity (Wildman–Crippen MR) is 99.6 cm³/mol. The van der Waals surface area contributed by atoms with E-state index in [0.717, 1.165) is 17.1 Å². The molecular weight excluding hydrogens is 411 g/mol. The van der Waals surface area contributed by atoms with Gasteiger partial charge in [-0.3, -0.25) is 9.48 Å². The van der Waals surface area contributed by atoms with E-state index in [1.165, 1.54) is 5.56 Å². The number of fused-ring (bicyclic) bond motifs is 1. The summed E-state index contributed by atoms with van der Waals surface area (Å²) in [7, 11) is 1.70. The van der Waals surface area contributed by atoms with Crippen LogP contribution < -0.4 is 0 Å². The number of methoxy groups -OCH3 is 1. The minimum atomic E-state index is -5.08. The van der Waals surface area contributed by atoms with E-state index < -0.39 is 12.1 Å². The molecule has 1 aliphatic rings. The highest BCUT2D eigenvalue weighted by Gasteiger charge is 2.38. The molecule has 0 bridgehead atoms. The van der Waals surface area contributed by atoms with Crippen LogP contribution in [0.5, 0.6) is 0 Å². The number of carbonyl (C=O) groups is 2. The second-order valence-electron chi connectivity index (χ2n) is 6.35. The Labute approximate surface area is 169 Å². The zero-order valence-corrected chi connectivity index (χ0v) is 16.8. The molecule has 7 nitrogen and oxygen atoms in total. The first-order chi connectivity index (χ1) is 13.7. The highest BCUT2D eigenvalue weighted by molar-refractivity contribution is 7.10. The summed E-state index contributed by atoms with van der Waals surface area (Å²) in [5.74, 6) is -2.37. The van der Waals surface area contributed by atoms with Crippen LogP contribution in [0, 0.1) is 0 Å². The molecule has 3 rings (SSSR count). The summed E-state index contributed by atoms with van der Waals surface area (Å²) in [6, 6.07) is 4.00. The standard InChI is InChI=1S/C16H21N3O2S.C2HF3O2/c1-3-19-15-10-18(16(20)7-13-5-4-6-22-13)9-12(11-21-2)14(15)8-17-19;3-2(4,5)1(6)7/h4-6,8,12H,3,7,9-11H2,1-2H3;(H,6,7). The van der Waals surface area contributed by atoms with Crippen molar-refractivity contribution in [3.63, 3.8) is 0 Å². The van der Waals surface area contributed by atoms with Crippen molar-refractivity contribution in [1.82, 2.24) is 14.7 Å². The van der Waals surface area contributed by atoms with Crippen LogP contribution in [0.1, 0.15) is 29.0 Å². The van der Waals surface area contributed by atoms with Gasteiger partial charge in [-0.1, -0.05) is 6.07 Å². The number of amides is 1. The number of rotatable bonds is 5. The van der Waals surface area contributed by atoms with Gasteiger partial charge >= 0.3 is 12.1 Å². The smallest absolute Gasteiger partial charge is 0.475 e. The van der Waals surface area contributed by atoms with Crippen LogP contribution in [0.15, 0.2) is 23.7 Å². The Morgan fingerprint density at radius 3 is 2.62 bits per heavy atom. The van der Waals surface area contributed by atoms with Gasteiger partial charge in [-0.05, 0) is 18.4 Å². The largest absolute Gasteiger partial charge is 0.490 e. The van der Waals surface area contributed by atoms with E-state index in [9.17, 15) is 18.0 Å². The second-order valence-corrected chi connectivity index (χ2v) is 7.38. The molecule has 0 saturated heterocycles. The minimum Gasteiger partial charge on any atom is -0.475 e. The summed E-state index contributed by atoms with van der Waals surface area (Å²) >= 11 is 1.63. The van der Waals surface area contributed by atoms with Crippen molar-refractivity contribution in [3.05, 3.63) is 39.8 Å². The molecule has 0 spiro atoms. The predicted octanol–water partition coefficient (Wildman–Crippen LogP) is 2.91. The number of hydrogen-bond donors (Lipinski definition) is 1. The highest BCUT2D eigenvalue weighted by Crippen LogP contribution is 2.29. The molecular formula is C18H22F3N3O4S. The quantitative estimate of drug-likeness (QED) is 0.784. The zero-order chi connectivity index (χ0) is 21.6. The lowest BCUT2D eigenvalue weighted by atomic mass is 9.95.